The van der Waals surface area contributed by atoms with Crippen LogP contribution in [0.25, 0.3) is 0 Å². The van der Waals surface area contributed by atoms with E-state index in [2.05, 4.69) is 83.8 Å². The van der Waals surface area contributed by atoms with Crippen molar-refractivity contribution in [1.82, 2.24) is 0 Å². The average Bonchev–Trinajstić information content (AvgIpc) is 2.88. The van der Waals surface area contributed by atoms with E-state index in [-0.39, 0.29) is 0 Å². The van der Waals surface area contributed by atoms with Gasteiger partial charge in [0.2, 0.25) is 0 Å². The maximum Gasteiger partial charge on any atom is 0.0782 e. The van der Waals surface area contributed by atoms with Crippen LogP contribution in [0.3, 0.4) is 0 Å². The first-order valence-corrected chi connectivity index (χ1v) is 18.5. The molecule has 0 aromatic rings. The standard InChI is InChI=1S/3C11H26N.H3O4P/c3*1-5-7-8-9-10-11-12(3,4)6-2;1-5(2,3)4/h3*5-11H2,1-4H3;(H3,1,2,3,4)/q3*+1;/p-3. The monoisotopic (exact) mass is 612 g/mol. The molecule has 41 heavy (non-hydrogen) atoms. The van der Waals surface area contributed by atoms with Crippen molar-refractivity contribution >= 4 is 7.82 Å². The second kappa shape index (κ2) is 30.0. The third-order valence-corrected chi connectivity index (χ3v) is 8.17. The van der Waals surface area contributed by atoms with Crippen LogP contribution in [0.15, 0.2) is 0 Å². The molecule has 0 rings (SSSR count). The Hall–Kier alpha value is -0.0100. The molecule has 0 aromatic heterocycles. The van der Waals surface area contributed by atoms with E-state index in [4.69, 9.17) is 19.2 Å². The SMILES string of the molecule is CCCCCCC[N+](C)(C)CC.CCCCCCC[N+](C)(C)CC.CCCCCCC[N+](C)(C)CC.O=P([O-])([O-])[O-]. The van der Waals surface area contributed by atoms with Crippen LogP contribution in [-0.2, 0) is 4.57 Å². The summed E-state index contributed by atoms with van der Waals surface area (Å²) < 4.78 is 12.1. The zero-order chi connectivity index (χ0) is 32.8. The lowest BCUT2D eigenvalue weighted by atomic mass is 10.1. The summed E-state index contributed by atoms with van der Waals surface area (Å²) in [5.74, 6) is 0. The summed E-state index contributed by atoms with van der Waals surface area (Å²) in [6.45, 7) is 21.4. The van der Waals surface area contributed by atoms with Crippen molar-refractivity contribution in [2.75, 3.05) is 81.6 Å². The first-order chi connectivity index (χ1) is 18.9. The number of unbranched alkanes of at least 4 members (excludes halogenated alkanes) is 12. The van der Waals surface area contributed by atoms with E-state index in [9.17, 15) is 0 Å². The predicted molar refractivity (Wildman–Crippen MR) is 176 cm³/mol. The van der Waals surface area contributed by atoms with Gasteiger partial charge in [-0.3, -0.25) is 0 Å². The van der Waals surface area contributed by atoms with Crippen molar-refractivity contribution in [3.63, 3.8) is 0 Å². The van der Waals surface area contributed by atoms with Gasteiger partial charge in [-0.15, -0.1) is 0 Å². The third kappa shape index (κ3) is 53.0. The van der Waals surface area contributed by atoms with Gasteiger partial charge in [-0.05, 0) is 59.3 Å². The molecule has 0 atom stereocenters. The summed E-state index contributed by atoms with van der Waals surface area (Å²) in [5, 5.41) is 0. The molecule has 0 N–H and O–H groups in total. The van der Waals surface area contributed by atoms with Crippen molar-refractivity contribution in [2.45, 2.75) is 138 Å². The zero-order valence-electron chi connectivity index (χ0n) is 30.3. The second-order valence-corrected chi connectivity index (χ2v) is 14.5. The smallest absolute Gasteiger partial charge is 0.0782 e. The van der Waals surface area contributed by atoms with Gasteiger partial charge in [0.25, 0.3) is 0 Å². The van der Waals surface area contributed by atoms with E-state index in [1.54, 1.807) is 0 Å². The minimum absolute atomic E-state index is 1.19. The molecule has 8 heteroatoms. The fourth-order valence-electron chi connectivity index (χ4n) is 3.90. The van der Waals surface area contributed by atoms with E-state index >= 15 is 0 Å². The van der Waals surface area contributed by atoms with Crippen LogP contribution in [0.4, 0.5) is 0 Å². The largest absolute Gasteiger partial charge is 0.822 e. The van der Waals surface area contributed by atoms with Gasteiger partial charge in [0.1, 0.15) is 0 Å². The van der Waals surface area contributed by atoms with E-state index in [1.165, 1.54) is 149 Å². The number of phosphoric acid groups is 1. The van der Waals surface area contributed by atoms with Crippen LogP contribution < -0.4 is 14.7 Å². The minimum atomic E-state index is -5.39. The minimum Gasteiger partial charge on any atom is -0.822 e. The van der Waals surface area contributed by atoms with Crippen LogP contribution in [0, 0.1) is 0 Å². The van der Waals surface area contributed by atoms with E-state index in [0.29, 0.717) is 0 Å². The van der Waals surface area contributed by atoms with Crippen molar-refractivity contribution in [3.05, 3.63) is 0 Å². The summed E-state index contributed by atoms with van der Waals surface area (Å²) >= 11 is 0. The molecular formula is C33H78N3O4P. The lowest BCUT2D eigenvalue weighted by Crippen LogP contribution is -2.39. The fraction of sp³-hybridized carbons (Fsp3) is 1.00. The Morgan fingerprint density at radius 2 is 0.561 bits per heavy atom. The normalized spacial score (nSPS) is 12.0. The fourth-order valence-corrected chi connectivity index (χ4v) is 3.90. The first-order valence-electron chi connectivity index (χ1n) is 17.1. The van der Waals surface area contributed by atoms with Gasteiger partial charge in [0, 0.05) is 0 Å². The molecule has 0 aliphatic carbocycles. The molecular weight excluding hydrogens is 533 g/mol. The molecule has 7 nitrogen and oxygen atoms in total. The second-order valence-electron chi connectivity index (χ2n) is 13.6. The van der Waals surface area contributed by atoms with Gasteiger partial charge in [0.15, 0.2) is 0 Å². The molecule has 0 radical (unpaired) electrons. The topological polar surface area (TPSA) is 86.2 Å². The van der Waals surface area contributed by atoms with E-state index in [0.717, 1.165) is 0 Å². The molecule has 0 saturated heterocycles. The predicted octanol–water partition coefficient (Wildman–Crippen LogP) is 6.33. The Morgan fingerprint density at radius 1 is 0.390 bits per heavy atom. The molecule has 0 amide bonds. The summed E-state index contributed by atoms with van der Waals surface area (Å²) in [5.41, 5.74) is 0. The lowest BCUT2D eigenvalue weighted by Gasteiger charge is -2.36. The van der Waals surface area contributed by atoms with Gasteiger partial charge in [-0.1, -0.05) is 78.6 Å². The average molecular weight is 612 g/mol. The summed E-state index contributed by atoms with van der Waals surface area (Å²) in [4.78, 5) is 25.6. The van der Waals surface area contributed by atoms with Crippen LogP contribution in [-0.4, -0.2) is 95.0 Å². The Bertz CT molecular complexity index is 497. The van der Waals surface area contributed by atoms with Gasteiger partial charge in [-0.2, -0.15) is 7.82 Å². The summed E-state index contributed by atoms with van der Waals surface area (Å²) in [6, 6.07) is 0. The van der Waals surface area contributed by atoms with Crippen LogP contribution in [0.2, 0.25) is 0 Å². The highest BCUT2D eigenvalue weighted by atomic mass is 31.2. The maximum atomic E-state index is 8.55. The third-order valence-electron chi connectivity index (χ3n) is 8.17. The maximum absolute atomic E-state index is 8.55. The zero-order valence-corrected chi connectivity index (χ0v) is 31.2. The number of hydrogen-bond donors (Lipinski definition) is 0. The molecule has 0 saturated carbocycles. The molecule has 0 aliphatic rings. The number of hydrogen-bond acceptors (Lipinski definition) is 4. The molecule has 0 spiro atoms. The van der Waals surface area contributed by atoms with Crippen LogP contribution in [0.1, 0.15) is 138 Å². The highest BCUT2D eigenvalue weighted by Crippen LogP contribution is 2.08. The van der Waals surface area contributed by atoms with Crippen molar-refractivity contribution in [1.29, 1.82) is 0 Å². The highest BCUT2D eigenvalue weighted by Gasteiger charge is 2.11. The van der Waals surface area contributed by atoms with Crippen LogP contribution in [0.5, 0.6) is 0 Å². The molecule has 0 bridgehead atoms. The van der Waals surface area contributed by atoms with Crippen molar-refractivity contribution < 1.29 is 32.7 Å². The molecule has 0 heterocycles. The summed E-state index contributed by atoms with van der Waals surface area (Å²) in [7, 11) is 8.53. The Balaban J connectivity index is -0.000000231. The van der Waals surface area contributed by atoms with Gasteiger partial charge in [0.05, 0.1) is 81.6 Å². The van der Waals surface area contributed by atoms with Gasteiger partial charge in [-0.25, -0.2) is 0 Å². The van der Waals surface area contributed by atoms with Crippen molar-refractivity contribution in [2.24, 2.45) is 0 Å². The molecule has 0 unspecified atom stereocenters. The quantitative estimate of drug-likeness (QED) is 0.0862. The molecule has 254 valence electrons. The highest BCUT2D eigenvalue weighted by molar-refractivity contribution is 7.40. The Kier molecular flexibility index (Phi) is 35.1. The van der Waals surface area contributed by atoms with E-state index < -0.39 is 7.82 Å². The number of rotatable bonds is 21. The molecule has 0 aliphatic heterocycles. The summed E-state index contributed by atoms with van der Waals surface area (Å²) in [6.07, 6.45) is 21.1. The van der Waals surface area contributed by atoms with Crippen LogP contribution >= 0.6 is 7.82 Å². The Labute approximate surface area is 259 Å². The molecule has 0 aromatic carbocycles. The number of quaternary nitrogens is 3. The van der Waals surface area contributed by atoms with Crippen molar-refractivity contribution in [3.8, 4) is 0 Å². The lowest BCUT2D eigenvalue weighted by molar-refractivity contribution is -0.888. The van der Waals surface area contributed by atoms with Gasteiger partial charge >= 0.3 is 0 Å². The first kappa shape index (κ1) is 47.9. The molecule has 0 fully saturated rings. The Morgan fingerprint density at radius 3 is 0.707 bits per heavy atom. The number of nitrogens with zero attached hydrogens (tertiary/aromatic N) is 3. The van der Waals surface area contributed by atoms with E-state index in [1.807, 2.05) is 0 Å². The van der Waals surface area contributed by atoms with Gasteiger partial charge < -0.3 is 32.7 Å².